The summed E-state index contributed by atoms with van der Waals surface area (Å²) in [6.45, 7) is 2.18. The van der Waals surface area contributed by atoms with Crippen molar-refractivity contribution in [1.29, 1.82) is 5.41 Å². The monoisotopic (exact) mass is 401 g/mol. The van der Waals surface area contributed by atoms with Gasteiger partial charge >= 0.3 is 5.97 Å². The first kappa shape index (κ1) is 20.8. The number of nitrogens with two attached hydrogens (primary N) is 1. The molecular formula is C24H23N3O3. The molecule has 3 rings (SSSR count). The van der Waals surface area contributed by atoms with E-state index in [-0.39, 0.29) is 18.3 Å². The van der Waals surface area contributed by atoms with E-state index in [1.54, 1.807) is 36.4 Å². The van der Waals surface area contributed by atoms with Crippen molar-refractivity contribution in [2.75, 3.05) is 7.11 Å². The molecule has 3 aromatic rings. The lowest BCUT2D eigenvalue weighted by Gasteiger charge is -2.11. The third kappa shape index (κ3) is 4.91. The molecule has 1 amide bonds. The Balaban J connectivity index is 1.91. The number of carbonyl (C=O) groups is 2. The second-order valence-corrected chi connectivity index (χ2v) is 6.96. The van der Waals surface area contributed by atoms with Crippen LogP contribution in [0.3, 0.4) is 0 Å². The molecular weight excluding hydrogens is 378 g/mol. The lowest BCUT2D eigenvalue weighted by atomic mass is 9.98. The summed E-state index contributed by atoms with van der Waals surface area (Å²) in [5, 5.41) is 10.5. The Kier molecular flexibility index (Phi) is 6.27. The number of ether oxygens (including phenoxy) is 1. The number of rotatable bonds is 6. The van der Waals surface area contributed by atoms with Crippen LogP contribution in [0.25, 0.3) is 11.1 Å². The Hall–Kier alpha value is -3.93. The molecule has 0 aromatic heterocycles. The minimum absolute atomic E-state index is 0.0355. The molecule has 0 aliphatic carbocycles. The Labute approximate surface area is 175 Å². The number of benzene rings is 3. The number of carbonyl (C=O) groups excluding carboxylic acids is 2. The van der Waals surface area contributed by atoms with Crippen molar-refractivity contribution in [3.63, 3.8) is 0 Å². The van der Waals surface area contributed by atoms with Gasteiger partial charge in [-0.05, 0) is 60.0 Å². The minimum Gasteiger partial charge on any atom is -0.465 e. The molecule has 4 N–H and O–H groups in total. The molecule has 0 unspecified atom stereocenters. The maximum atomic E-state index is 12.5. The Bertz CT molecular complexity index is 1120. The summed E-state index contributed by atoms with van der Waals surface area (Å²) in [5.41, 5.74) is 10.5. The summed E-state index contributed by atoms with van der Waals surface area (Å²) in [5.74, 6) is -0.695. The molecule has 3 aromatic carbocycles. The number of amides is 1. The lowest BCUT2D eigenvalue weighted by molar-refractivity contribution is 0.0600. The SMILES string of the molecule is COC(=O)c1cc(CNC(=O)c2cccc(C)c2)cc(-c2cccc(C(=N)N)c2)c1. The van der Waals surface area contributed by atoms with E-state index in [0.29, 0.717) is 16.7 Å². The number of hydrogen-bond donors (Lipinski definition) is 3. The van der Waals surface area contributed by atoms with E-state index in [2.05, 4.69) is 5.32 Å². The standard InChI is InChI=1S/C24H23N3O3/c1-15-5-3-8-19(9-15)23(28)27-14-16-10-20(13-21(11-16)24(29)30-2)17-6-4-7-18(12-17)22(25)26/h3-13H,14H2,1-2H3,(H3,25,26)(H,27,28). The van der Waals surface area contributed by atoms with Crippen molar-refractivity contribution < 1.29 is 14.3 Å². The number of esters is 1. The summed E-state index contributed by atoms with van der Waals surface area (Å²) >= 11 is 0. The fourth-order valence-electron chi connectivity index (χ4n) is 3.13. The summed E-state index contributed by atoms with van der Waals surface area (Å²) in [7, 11) is 1.32. The summed E-state index contributed by atoms with van der Waals surface area (Å²) < 4.78 is 4.87. The van der Waals surface area contributed by atoms with Gasteiger partial charge in [0.25, 0.3) is 5.91 Å². The Morgan fingerprint density at radius 2 is 1.63 bits per heavy atom. The van der Waals surface area contributed by atoms with Crippen molar-refractivity contribution in [2.45, 2.75) is 13.5 Å². The summed E-state index contributed by atoms with van der Waals surface area (Å²) in [6.07, 6.45) is 0. The first-order chi connectivity index (χ1) is 14.4. The molecule has 0 fully saturated rings. The fourth-order valence-corrected chi connectivity index (χ4v) is 3.13. The molecule has 0 radical (unpaired) electrons. The predicted octanol–water partition coefficient (Wildman–Crippen LogP) is 3.66. The van der Waals surface area contributed by atoms with Gasteiger partial charge in [0.15, 0.2) is 0 Å². The van der Waals surface area contributed by atoms with Crippen LogP contribution in [0.1, 0.15) is 37.4 Å². The van der Waals surface area contributed by atoms with Gasteiger partial charge in [0.2, 0.25) is 0 Å². The Morgan fingerprint density at radius 3 is 2.33 bits per heavy atom. The number of nitrogens with one attached hydrogen (secondary N) is 2. The first-order valence-electron chi connectivity index (χ1n) is 9.39. The predicted molar refractivity (Wildman–Crippen MR) is 117 cm³/mol. The molecule has 0 saturated carbocycles. The number of aryl methyl sites for hydroxylation is 1. The van der Waals surface area contributed by atoms with Crippen LogP contribution in [0.5, 0.6) is 0 Å². The van der Waals surface area contributed by atoms with Crippen LogP contribution < -0.4 is 11.1 Å². The highest BCUT2D eigenvalue weighted by molar-refractivity contribution is 5.97. The van der Waals surface area contributed by atoms with Crippen molar-refractivity contribution in [1.82, 2.24) is 5.32 Å². The van der Waals surface area contributed by atoms with E-state index in [4.69, 9.17) is 15.9 Å². The highest BCUT2D eigenvalue weighted by Crippen LogP contribution is 2.24. The fraction of sp³-hybridized carbons (Fsp3) is 0.125. The van der Waals surface area contributed by atoms with Gasteiger partial charge in [-0.25, -0.2) is 4.79 Å². The number of amidine groups is 1. The van der Waals surface area contributed by atoms with Crippen LogP contribution in [-0.4, -0.2) is 24.8 Å². The van der Waals surface area contributed by atoms with Crippen LogP contribution in [0.2, 0.25) is 0 Å². The normalized spacial score (nSPS) is 10.3. The van der Waals surface area contributed by atoms with E-state index < -0.39 is 5.97 Å². The molecule has 152 valence electrons. The van der Waals surface area contributed by atoms with Gasteiger partial charge in [-0.3, -0.25) is 10.2 Å². The van der Waals surface area contributed by atoms with E-state index in [0.717, 1.165) is 22.3 Å². The van der Waals surface area contributed by atoms with Crippen molar-refractivity contribution in [2.24, 2.45) is 5.73 Å². The molecule has 0 atom stereocenters. The molecule has 6 heteroatoms. The third-order valence-corrected chi connectivity index (χ3v) is 4.65. The zero-order valence-electron chi connectivity index (χ0n) is 16.9. The van der Waals surface area contributed by atoms with Crippen molar-refractivity contribution in [3.8, 4) is 11.1 Å². The molecule has 0 bridgehead atoms. The zero-order chi connectivity index (χ0) is 21.7. The third-order valence-electron chi connectivity index (χ3n) is 4.65. The van der Waals surface area contributed by atoms with E-state index >= 15 is 0 Å². The van der Waals surface area contributed by atoms with Gasteiger partial charge in [-0.2, -0.15) is 0 Å². The number of methoxy groups -OCH3 is 1. The molecule has 0 spiro atoms. The second kappa shape index (κ2) is 9.05. The second-order valence-electron chi connectivity index (χ2n) is 6.96. The minimum atomic E-state index is -0.467. The van der Waals surface area contributed by atoms with Gasteiger partial charge in [0, 0.05) is 17.7 Å². The largest absolute Gasteiger partial charge is 0.465 e. The van der Waals surface area contributed by atoms with Crippen LogP contribution in [0.15, 0.2) is 66.7 Å². The summed E-state index contributed by atoms with van der Waals surface area (Å²) in [4.78, 5) is 24.6. The average Bonchev–Trinajstić information content (AvgIpc) is 2.76. The molecule has 0 heterocycles. The highest BCUT2D eigenvalue weighted by Gasteiger charge is 2.12. The average molecular weight is 401 g/mol. The van der Waals surface area contributed by atoms with Crippen molar-refractivity contribution in [3.05, 3.63) is 94.5 Å². The maximum absolute atomic E-state index is 12.5. The quantitative estimate of drug-likeness (QED) is 0.333. The topological polar surface area (TPSA) is 105 Å². The molecule has 0 aliphatic heterocycles. The van der Waals surface area contributed by atoms with E-state index in [9.17, 15) is 9.59 Å². The van der Waals surface area contributed by atoms with Crippen LogP contribution >= 0.6 is 0 Å². The van der Waals surface area contributed by atoms with Gasteiger partial charge in [-0.15, -0.1) is 0 Å². The summed E-state index contributed by atoms with van der Waals surface area (Å²) in [6, 6.07) is 19.9. The smallest absolute Gasteiger partial charge is 0.337 e. The lowest BCUT2D eigenvalue weighted by Crippen LogP contribution is -2.23. The zero-order valence-corrected chi connectivity index (χ0v) is 16.9. The van der Waals surface area contributed by atoms with E-state index in [1.165, 1.54) is 7.11 Å². The molecule has 0 aliphatic rings. The van der Waals surface area contributed by atoms with Crippen LogP contribution in [0.4, 0.5) is 0 Å². The first-order valence-corrected chi connectivity index (χ1v) is 9.39. The van der Waals surface area contributed by atoms with Gasteiger partial charge in [0.1, 0.15) is 5.84 Å². The van der Waals surface area contributed by atoms with Crippen LogP contribution in [0, 0.1) is 12.3 Å². The molecule has 0 saturated heterocycles. The number of hydrogen-bond acceptors (Lipinski definition) is 4. The highest BCUT2D eigenvalue weighted by atomic mass is 16.5. The van der Waals surface area contributed by atoms with Gasteiger partial charge in [-0.1, -0.05) is 35.9 Å². The molecule has 6 nitrogen and oxygen atoms in total. The van der Waals surface area contributed by atoms with Crippen LogP contribution in [-0.2, 0) is 11.3 Å². The number of nitrogen functional groups attached to an aromatic ring is 1. The van der Waals surface area contributed by atoms with Crippen molar-refractivity contribution >= 4 is 17.7 Å². The maximum Gasteiger partial charge on any atom is 0.337 e. The van der Waals surface area contributed by atoms with Gasteiger partial charge in [0.05, 0.1) is 12.7 Å². The van der Waals surface area contributed by atoms with Gasteiger partial charge < -0.3 is 15.8 Å². The molecule has 30 heavy (non-hydrogen) atoms. The van der Waals surface area contributed by atoms with E-state index in [1.807, 2.05) is 37.3 Å². The Morgan fingerprint density at radius 1 is 0.933 bits per heavy atom.